The van der Waals surface area contributed by atoms with E-state index in [1.807, 2.05) is 6.07 Å². The van der Waals surface area contributed by atoms with Gasteiger partial charge in [-0.15, -0.1) is 0 Å². The molecule has 0 saturated carbocycles. The van der Waals surface area contributed by atoms with Crippen molar-refractivity contribution in [3.63, 3.8) is 0 Å². The van der Waals surface area contributed by atoms with E-state index in [9.17, 15) is 5.11 Å². The van der Waals surface area contributed by atoms with E-state index in [1.54, 1.807) is 6.07 Å². The third kappa shape index (κ3) is 2.25. The summed E-state index contributed by atoms with van der Waals surface area (Å²) in [7, 11) is 0. The van der Waals surface area contributed by atoms with Crippen LogP contribution in [-0.2, 0) is 11.2 Å². The van der Waals surface area contributed by atoms with Crippen molar-refractivity contribution in [2.24, 2.45) is 5.92 Å². The number of rotatable bonds is 3. The monoisotopic (exact) mass is 247 g/mol. The van der Waals surface area contributed by atoms with E-state index >= 15 is 0 Å². The molecule has 2 aliphatic rings. The molecule has 3 rings (SSSR count). The molecule has 18 heavy (non-hydrogen) atoms. The maximum absolute atomic E-state index is 9.50. The lowest BCUT2D eigenvalue weighted by Gasteiger charge is -2.24. The highest BCUT2D eigenvalue weighted by Crippen LogP contribution is 2.34. The van der Waals surface area contributed by atoms with Gasteiger partial charge in [0.15, 0.2) is 0 Å². The lowest BCUT2D eigenvalue weighted by atomic mass is 9.98. The molecule has 0 bridgehead atoms. The molecule has 1 fully saturated rings. The van der Waals surface area contributed by atoms with Crippen LogP contribution in [0.25, 0.3) is 0 Å². The number of nitrogens with one attached hydrogen (secondary N) is 1. The summed E-state index contributed by atoms with van der Waals surface area (Å²) in [5.41, 5.74) is 2.65. The minimum absolute atomic E-state index is 0.381. The molecule has 98 valence electrons. The Morgan fingerprint density at radius 2 is 2.28 bits per heavy atom. The number of fused-ring (bicyclic) bond motifs is 1. The number of hydrogen-bond acceptors (Lipinski definition) is 3. The summed E-state index contributed by atoms with van der Waals surface area (Å²) in [4.78, 5) is 0. The Kier molecular flexibility index (Phi) is 3.27. The van der Waals surface area contributed by atoms with Crippen LogP contribution in [0.2, 0.25) is 0 Å². The first-order valence-corrected chi connectivity index (χ1v) is 6.89. The fourth-order valence-electron chi connectivity index (χ4n) is 3.18. The minimum Gasteiger partial charge on any atom is -0.508 e. The third-order valence-electron chi connectivity index (χ3n) is 4.34. The molecule has 3 heteroatoms. The van der Waals surface area contributed by atoms with Crippen molar-refractivity contribution in [2.75, 3.05) is 13.2 Å². The second-order valence-corrected chi connectivity index (χ2v) is 5.55. The highest BCUT2D eigenvalue weighted by Gasteiger charge is 2.28. The van der Waals surface area contributed by atoms with Crippen molar-refractivity contribution in [2.45, 2.75) is 38.3 Å². The maximum Gasteiger partial charge on any atom is 0.115 e. The zero-order valence-corrected chi connectivity index (χ0v) is 10.9. The van der Waals surface area contributed by atoms with E-state index in [-0.39, 0.29) is 0 Å². The zero-order valence-electron chi connectivity index (χ0n) is 10.9. The zero-order chi connectivity index (χ0) is 12.5. The van der Waals surface area contributed by atoms with Crippen LogP contribution in [0.15, 0.2) is 18.2 Å². The van der Waals surface area contributed by atoms with E-state index in [1.165, 1.54) is 17.5 Å². The Labute approximate surface area is 108 Å². The SMILES string of the molecule is CC(NC1CCc2cc(O)ccc21)C1CCOC1. The van der Waals surface area contributed by atoms with Crippen LogP contribution < -0.4 is 5.32 Å². The molecule has 1 aliphatic heterocycles. The van der Waals surface area contributed by atoms with Gasteiger partial charge in [-0.05, 0) is 55.4 Å². The van der Waals surface area contributed by atoms with Gasteiger partial charge in [-0.2, -0.15) is 0 Å². The van der Waals surface area contributed by atoms with Gasteiger partial charge in [-0.3, -0.25) is 0 Å². The van der Waals surface area contributed by atoms with Gasteiger partial charge in [0.25, 0.3) is 0 Å². The molecular weight excluding hydrogens is 226 g/mol. The Balaban J connectivity index is 1.68. The predicted octanol–water partition coefficient (Wildman–Crippen LogP) is 2.39. The number of phenolic OH excluding ortho intramolecular Hbond substituents is 1. The second kappa shape index (κ2) is 4.90. The number of aryl methyl sites for hydroxylation is 1. The first kappa shape index (κ1) is 12.0. The molecule has 0 spiro atoms. The molecule has 1 heterocycles. The standard InChI is InChI=1S/C15H21NO2/c1-10(12-6-7-18-9-12)16-15-5-2-11-8-13(17)3-4-14(11)15/h3-4,8,10,12,15-17H,2,5-7,9H2,1H3. The molecule has 0 amide bonds. The van der Waals surface area contributed by atoms with Gasteiger partial charge in [-0.1, -0.05) is 6.07 Å². The molecule has 0 radical (unpaired) electrons. The summed E-state index contributed by atoms with van der Waals surface area (Å²) in [5.74, 6) is 1.03. The average molecular weight is 247 g/mol. The van der Waals surface area contributed by atoms with Crippen molar-refractivity contribution in [1.82, 2.24) is 5.32 Å². The molecule has 3 atom stereocenters. The minimum atomic E-state index is 0.381. The molecule has 3 unspecified atom stereocenters. The Morgan fingerprint density at radius 3 is 3.06 bits per heavy atom. The Bertz CT molecular complexity index is 427. The average Bonchev–Trinajstić information content (AvgIpc) is 2.98. The first-order valence-electron chi connectivity index (χ1n) is 6.89. The van der Waals surface area contributed by atoms with E-state index in [0.717, 1.165) is 26.1 Å². The first-order chi connectivity index (χ1) is 8.74. The van der Waals surface area contributed by atoms with Gasteiger partial charge < -0.3 is 15.2 Å². The molecule has 1 aromatic carbocycles. The predicted molar refractivity (Wildman–Crippen MR) is 70.7 cm³/mol. The normalized spacial score (nSPS) is 28.3. The van der Waals surface area contributed by atoms with Crippen molar-refractivity contribution < 1.29 is 9.84 Å². The summed E-state index contributed by atoms with van der Waals surface area (Å²) in [6.45, 7) is 4.06. The van der Waals surface area contributed by atoms with E-state index < -0.39 is 0 Å². The van der Waals surface area contributed by atoms with Crippen LogP contribution >= 0.6 is 0 Å². The van der Waals surface area contributed by atoms with Gasteiger partial charge in [0, 0.05) is 18.7 Å². The van der Waals surface area contributed by atoms with E-state index in [4.69, 9.17) is 4.74 Å². The van der Waals surface area contributed by atoms with Crippen molar-refractivity contribution in [3.8, 4) is 5.75 Å². The van der Waals surface area contributed by atoms with Gasteiger partial charge in [0.2, 0.25) is 0 Å². The van der Waals surface area contributed by atoms with Crippen molar-refractivity contribution >= 4 is 0 Å². The smallest absolute Gasteiger partial charge is 0.115 e. The summed E-state index contributed by atoms with van der Waals surface area (Å²) in [5, 5.41) is 13.2. The number of hydrogen-bond donors (Lipinski definition) is 2. The maximum atomic E-state index is 9.50. The molecule has 0 aromatic heterocycles. The number of benzene rings is 1. The molecule has 1 saturated heterocycles. The Morgan fingerprint density at radius 1 is 1.39 bits per heavy atom. The number of ether oxygens (including phenoxy) is 1. The second-order valence-electron chi connectivity index (χ2n) is 5.55. The van der Waals surface area contributed by atoms with Crippen LogP contribution in [0.3, 0.4) is 0 Å². The van der Waals surface area contributed by atoms with Gasteiger partial charge >= 0.3 is 0 Å². The summed E-state index contributed by atoms with van der Waals surface area (Å²) in [6.07, 6.45) is 3.37. The van der Waals surface area contributed by atoms with Gasteiger partial charge in [-0.25, -0.2) is 0 Å². The lowest BCUT2D eigenvalue weighted by Crippen LogP contribution is -2.36. The topological polar surface area (TPSA) is 41.5 Å². The molecule has 1 aliphatic carbocycles. The third-order valence-corrected chi connectivity index (χ3v) is 4.34. The fraction of sp³-hybridized carbons (Fsp3) is 0.600. The van der Waals surface area contributed by atoms with E-state index in [2.05, 4.69) is 18.3 Å². The number of aromatic hydroxyl groups is 1. The molecule has 1 aromatic rings. The van der Waals surface area contributed by atoms with Crippen molar-refractivity contribution in [3.05, 3.63) is 29.3 Å². The van der Waals surface area contributed by atoms with Crippen LogP contribution in [0, 0.1) is 5.92 Å². The summed E-state index contributed by atoms with van der Waals surface area (Å²) in [6, 6.07) is 6.70. The fourth-order valence-corrected chi connectivity index (χ4v) is 3.18. The van der Waals surface area contributed by atoms with Gasteiger partial charge in [0.1, 0.15) is 5.75 Å². The van der Waals surface area contributed by atoms with Gasteiger partial charge in [0.05, 0.1) is 6.61 Å². The molecule has 3 nitrogen and oxygen atoms in total. The van der Waals surface area contributed by atoms with E-state index in [0.29, 0.717) is 23.8 Å². The van der Waals surface area contributed by atoms with Crippen molar-refractivity contribution in [1.29, 1.82) is 0 Å². The van der Waals surface area contributed by atoms with Crippen LogP contribution in [0.1, 0.15) is 36.9 Å². The van der Waals surface area contributed by atoms with Crippen LogP contribution in [-0.4, -0.2) is 24.4 Å². The van der Waals surface area contributed by atoms with Crippen LogP contribution in [0.4, 0.5) is 0 Å². The summed E-state index contributed by atoms with van der Waals surface area (Å²) < 4.78 is 5.45. The quantitative estimate of drug-likeness (QED) is 0.861. The molecule has 2 N–H and O–H groups in total. The highest BCUT2D eigenvalue weighted by molar-refractivity contribution is 5.40. The molecular formula is C15H21NO2. The lowest BCUT2D eigenvalue weighted by molar-refractivity contribution is 0.176. The largest absolute Gasteiger partial charge is 0.508 e. The highest BCUT2D eigenvalue weighted by atomic mass is 16.5. The summed E-state index contributed by atoms with van der Waals surface area (Å²) >= 11 is 0. The Hall–Kier alpha value is -1.06. The number of phenols is 1. The van der Waals surface area contributed by atoms with Crippen LogP contribution in [0.5, 0.6) is 5.75 Å².